The van der Waals surface area contributed by atoms with Crippen molar-refractivity contribution in [2.45, 2.75) is 39.8 Å². The molecule has 2 N–H and O–H groups in total. The van der Waals surface area contributed by atoms with Crippen LogP contribution >= 0.6 is 24.0 Å². The summed E-state index contributed by atoms with van der Waals surface area (Å²) in [5.41, 5.74) is 3.83. The van der Waals surface area contributed by atoms with Crippen LogP contribution in [0.4, 0.5) is 5.69 Å². The van der Waals surface area contributed by atoms with Crippen molar-refractivity contribution in [3.8, 4) is 0 Å². The fourth-order valence-corrected chi connectivity index (χ4v) is 3.44. The van der Waals surface area contributed by atoms with E-state index in [0.29, 0.717) is 6.54 Å². The first-order valence-corrected chi connectivity index (χ1v) is 10.1. The zero-order valence-corrected chi connectivity index (χ0v) is 19.6. The molecule has 0 amide bonds. The molecule has 0 bridgehead atoms. The van der Waals surface area contributed by atoms with Crippen molar-refractivity contribution in [3.63, 3.8) is 0 Å². The molecule has 1 fully saturated rings. The maximum atomic E-state index is 4.68. The van der Waals surface area contributed by atoms with Gasteiger partial charge in [-0.05, 0) is 55.0 Å². The van der Waals surface area contributed by atoms with Crippen LogP contribution in [0.5, 0.6) is 0 Å². The summed E-state index contributed by atoms with van der Waals surface area (Å²) in [5.74, 6) is 1.72. The van der Waals surface area contributed by atoms with Crippen LogP contribution in [0.2, 0.25) is 0 Å². The van der Waals surface area contributed by atoms with Gasteiger partial charge in [-0.2, -0.15) is 0 Å². The summed E-state index contributed by atoms with van der Waals surface area (Å²) in [6.07, 6.45) is 6.75. The first-order valence-electron chi connectivity index (χ1n) is 10.1. The summed E-state index contributed by atoms with van der Waals surface area (Å²) in [5, 5.41) is 6.76. The second-order valence-corrected chi connectivity index (χ2v) is 7.57. The number of guanidine groups is 1. The standard InChI is InChI=1S/C22H33N5.HI/c1-4-23-22(25-16-20-11-12-26(3)17-20)24-15-19-5-7-21(8-6-19)27-13-9-18(2)10-14-27;/h5-8,11-12,17-18H,4,9-10,13-16H2,1-3H3,(H2,23,24,25);1H. The molecule has 1 aromatic heterocycles. The normalized spacial score (nSPS) is 15.2. The minimum absolute atomic E-state index is 0. The fraction of sp³-hybridized carbons (Fsp3) is 0.500. The van der Waals surface area contributed by atoms with Crippen LogP contribution in [-0.4, -0.2) is 30.2 Å². The Balaban J connectivity index is 0.00000280. The number of hydrogen-bond acceptors (Lipinski definition) is 2. The monoisotopic (exact) mass is 495 g/mol. The molecule has 2 aromatic rings. The molecule has 154 valence electrons. The van der Waals surface area contributed by atoms with Crippen molar-refractivity contribution in [1.29, 1.82) is 0 Å². The van der Waals surface area contributed by atoms with E-state index in [1.807, 2.05) is 7.05 Å². The first-order chi connectivity index (χ1) is 13.1. The minimum Gasteiger partial charge on any atom is -0.372 e. The van der Waals surface area contributed by atoms with Gasteiger partial charge in [0.25, 0.3) is 0 Å². The summed E-state index contributed by atoms with van der Waals surface area (Å²) in [6.45, 7) is 9.11. The molecule has 5 nitrogen and oxygen atoms in total. The third kappa shape index (κ3) is 6.72. The quantitative estimate of drug-likeness (QED) is 0.360. The summed E-state index contributed by atoms with van der Waals surface area (Å²) in [6, 6.07) is 11.1. The highest BCUT2D eigenvalue weighted by molar-refractivity contribution is 14.0. The van der Waals surface area contributed by atoms with E-state index in [-0.39, 0.29) is 24.0 Å². The zero-order valence-electron chi connectivity index (χ0n) is 17.3. The summed E-state index contributed by atoms with van der Waals surface area (Å²) in [7, 11) is 2.03. The lowest BCUT2D eigenvalue weighted by molar-refractivity contribution is 0.438. The van der Waals surface area contributed by atoms with E-state index >= 15 is 0 Å². The van der Waals surface area contributed by atoms with Crippen molar-refractivity contribution >= 4 is 35.6 Å². The summed E-state index contributed by atoms with van der Waals surface area (Å²) >= 11 is 0. The molecule has 1 aliphatic rings. The number of anilines is 1. The lowest BCUT2D eigenvalue weighted by Gasteiger charge is -2.32. The van der Waals surface area contributed by atoms with E-state index in [1.54, 1.807) is 0 Å². The van der Waals surface area contributed by atoms with Gasteiger partial charge in [-0.1, -0.05) is 19.1 Å². The molecule has 0 atom stereocenters. The fourth-order valence-electron chi connectivity index (χ4n) is 3.44. The molecule has 28 heavy (non-hydrogen) atoms. The number of nitrogens with one attached hydrogen (secondary N) is 2. The zero-order chi connectivity index (χ0) is 19.1. The molecular weight excluding hydrogens is 461 g/mol. The van der Waals surface area contributed by atoms with E-state index in [9.17, 15) is 0 Å². The van der Waals surface area contributed by atoms with Crippen LogP contribution in [0.25, 0.3) is 0 Å². The summed E-state index contributed by atoms with van der Waals surface area (Å²) < 4.78 is 2.05. The molecule has 2 heterocycles. The third-order valence-corrected chi connectivity index (χ3v) is 5.20. The predicted octanol–water partition coefficient (Wildman–Crippen LogP) is 4.13. The van der Waals surface area contributed by atoms with Crippen molar-refractivity contribution in [1.82, 2.24) is 15.2 Å². The maximum absolute atomic E-state index is 4.68. The number of rotatable bonds is 6. The van der Waals surface area contributed by atoms with Crippen LogP contribution in [-0.2, 0) is 20.1 Å². The second kappa shape index (κ2) is 11.3. The average Bonchev–Trinajstić information content (AvgIpc) is 3.10. The molecule has 0 saturated carbocycles. The van der Waals surface area contributed by atoms with Gasteiger partial charge in [-0.15, -0.1) is 24.0 Å². The number of hydrogen-bond donors (Lipinski definition) is 2. The largest absolute Gasteiger partial charge is 0.372 e. The first kappa shape index (κ1) is 22.6. The van der Waals surface area contributed by atoms with Crippen molar-refractivity contribution in [2.24, 2.45) is 18.0 Å². The second-order valence-electron chi connectivity index (χ2n) is 7.57. The van der Waals surface area contributed by atoms with Gasteiger partial charge in [-0.25, -0.2) is 4.99 Å². The topological polar surface area (TPSA) is 44.6 Å². The Kier molecular flexibility index (Phi) is 9.15. The Labute approximate surface area is 186 Å². The highest BCUT2D eigenvalue weighted by Gasteiger charge is 2.15. The number of piperidine rings is 1. The van der Waals surface area contributed by atoms with Gasteiger partial charge in [0.1, 0.15) is 0 Å². The van der Waals surface area contributed by atoms with E-state index in [4.69, 9.17) is 0 Å². The SMILES string of the molecule is CCNC(=NCc1ccn(C)c1)NCc1ccc(N2CCC(C)CC2)cc1.I. The maximum Gasteiger partial charge on any atom is 0.191 e. The van der Waals surface area contributed by atoms with Crippen molar-refractivity contribution < 1.29 is 0 Å². The number of benzene rings is 1. The number of nitrogens with zero attached hydrogens (tertiary/aromatic N) is 3. The lowest BCUT2D eigenvalue weighted by Crippen LogP contribution is -2.36. The van der Waals surface area contributed by atoms with Crippen LogP contribution in [0.15, 0.2) is 47.7 Å². The Morgan fingerprint density at radius 2 is 1.79 bits per heavy atom. The molecule has 1 saturated heterocycles. The van der Waals surface area contributed by atoms with Crippen LogP contribution in [0.1, 0.15) is 37.8 Å². The number of aromatic nitrogens is 1. The molecule has 0 radical (unpaired) electrons. The molecule has 3 rings (SSSR count). The molecule has 0 spiro atoms. The van der Waals surface area contributed by atoms with Crippen molar-refractivity contribution in [2.75, 3.05) is 24.5 Å². The smallest absolute Gasteiger partial charge is 0.191 e. The minimum atomic E-state index is 0. The van der Waals surface area contributed by atoms with Crippen LogP contribution in [0.3, 0.4) is 0 Å². The van der Waals surface area contributed by atoms with Gasteiger partial charge in [-0.3, -0.25) is 0 Å². The van der Waals surface area contributed by atoms with Crippen LogP contribution < -0.4 is 15.5 Å². The summed E-state index contributed by atoms with van der Waals surface area (Å²) in [4.78, 5) is 7.19. The van der Waals surface area contributed by atoms with Gasteiger partial charge in [0.2, 0.25) is 0 Å². The van der Waals surface area contributed by atoms with Gasteiger partial charge < -0.3 is 20.1 Å². The molecule has 1 aliphatic heterocycles. The lowest BCUT2D eigenvalue weighted by atomic mass is 9.99. The van der Waals surface area contributed by atoms with Gasteiger partial charge >= 0.3 is 0 Å². The van der Waals surface area contributed by atoms with E-state index in [0.717, 1.165) is 25.0 Å². The Bertz CT molecular complexity index is 730. The van der Waals surface area contributed by atoms with Crippen molar-refractivity contribution in [3.05, 3.63) is 53.9 Å². The molecule has 0 unspecified atom stereocenters. The van der Waals surface area contributed by atoms with Crippen LogP contribution in [0, 0.1) is 5.92 Å². The molecule has 6 heteroatoms. The molecule has 1 aromatic carbocycles. The number of aryl methyl sites for hydroxylation is 1. The molecule has 0 aliphatic carbocycles. The van der Waals surface area contributed by atoms with E-state index < -0.39 is 0 Å². The average molecular weight is 495 g/mol. The third-order valence-electron chi connectivity index (χ3n) is 5.20. The van der Waals surface area contributed by atoms with Gasteiger partial charge in [0.15, 0.2) is 5.96 Å². The molecular formula is C22H34IN5. The number of aliphatic imine (C=N–C) groups is 1. The predicted molar refractivity (Wildman–Crippen MR) is 130 cm³/mol. The van der Waals surface area contributed by atoms with E-state index in [2.05, 4.69) is 81.7 Å². The number of halogens is 1. The Hall–Kier alpha value is -1.70. The van der Waals surface area contributed by atoms with Gasteiger partial charge in [0.05, 0.1) is 6.54 Å². The Morgan fingerprint density at radius 3 is 2.39 bits per heavy atom. The Morgan fingerprint density at radius 1 is 1.07 bits per heavy atom. The highest BCUT2D eigenvalue weighted by atomic mass is 127. The van der Waals surface area contributed by atoms with Gasteiger partial charge in [0, 0.05) is 51.3 Å². The van der Waals surface area contributed by atoms with E-state index in [1.165, 1.54) is 42.7 Å². The highest BCUT2D eigenvalue weighted by Crippen LogP contribution is 2.23.